The second-order valence-electron chi connectivity index (χ2n) is 5.54. The Morgan fingerprint density at radius 2 is 1.71 bits per heavy atom. The summed E-state index contributed by atoms with van der Waals surface area (Å²) in [6, 6.07) is 1.74. The Bertz CT molecular complexity index is 490. The molecule has 0 atom stereocenters. The van der Waals surface area contributed by atoms with Gasteiger partial charge < -0.3 is 14.2 Å². The normalized spacial score (nSPS) is 15.6. The zero-order valence-corrected chi connectivity index (χ0v) is 13.1. The summed E-state index contributed by atoms with van der Waals surface area (Å²) >= 11 is 0. The van der Waals surface area contributed by atoms with E-state index in [1.807, 2.05) is 0 Å². The number of methoxy groups -OCH3 is 3. The number of carbonyl (C=O) groups excluding carboxylic acids is 1. The van der Waals surface area contributed by atoms with Gasteiger partial charge in [0.25, 0.3) is 0 Å². The lowest BCUT2D eigenvalue weighted by molar-refractivity contribution is 0.111. The summed E-state index contributed by atoms with van der Waals surface area (Å²) in [4.78, 5) is 11.2. The van der Waals surface area contributed by atoms with Crippen molar-refractivity contribution in [3.05, 3.63) is 17.2 Å². The molecule has 0 bridgehead atoms. The van der Waals surface area contributed by atoms with Crippen molar-refractivity contribution in [3.8, 4) is 17.2 Å². The maximum absolute atomic E-state index is 11.2. The van der Waals surface area contributed by atoms with Gasteiger partial charge in [-0.3, -0.25) is 4.79 Å². The Balaban J connectivity index is 2.42. The number of carbonyl (C=O) groups is 1. The third-order valence-electron chi connectivity index (χ3n) is 4.30. The first-order valence-corrected chi connectivity index (χ1v) is 7.52. The van der Waals surface area contributed by atoms with Crippen LogP contribution in [0.5, 0.6) is 17.2 Å². The molecule has 0 radical (unpaired) electrons. The van der Waals surface area contributed by atoms with Gasteiger partial charge in [0.1, 0.15) is 5.75 Å². The fourth-order valence-corrected chi connectivity index (χ4v) is 3.24. The van der Waals surface area contributed by atoms with Crippen LogP contribution in [0.15, 0.2) is 6.07 Å². The van der Waals surface area contributed by atoms with Gasteiger partial charge >= 0.3 is 0 Å². The number of rotatable bonds is 6. The van der Waals surface area contributed by atoms with E-state index in [1.165, 1.54) is 32.1 Å². The molecule has 1 aliphatic carbocycles. The average molecular weight is 292 g/mol. The van der Waals surface area contributed by atoms with E-state index in [0.717, 1.165) is 18.3 Å². The summed E-state index contributed by atoms with van der Waals surface area (Å²) in [6.45, 7) is 0. The van der Waals surface area contributed by atoms with Crippen molar-refractivity contribution in [2.75, 3.05) is 21.3 Å². The molecule has 1 fully saturated rings. The second-order valence-corrected chi connectivity index (χ2v) is 5.54. The summed E-state index contributed by atoms with van der Waals surface area (Å²) < 4.78 is 16.4. The summed E-state index contributed by atoms with van der Waals surface area (Å²) in [6.07, 6.45) is 8.07. The highest BCUT2D eigenvalue weighted by atomic mass is 16.5. The topological polar surface area (TPSA) is 44.8 Å². The Hall–Kier alpha value is -1.71. The molecule has 0 aromatic heterocycles. The Labute approximate surface area is 126 Å². The first-order chi connectivity index (χ1) is 10.2. The van der Waals surface area contributed by atoms with Crippen LogP contribution in [-0.2, 0) is 6.42 Å². The molecule has 116 valence electrons. The molecule has 0 aliphatic heterocycles. The monoisotopic (exact) mass is 292 g/mol. The van der Waals surface area contributed by atoms with Crippen LogP contribution in [0.2, 0.25) is 0 Å². The molecule has 1 aromatic rings. The van der Waals surface area contributed by atoms with Crippen LogP contribution in [0.3, 0.4) is 0 Å². The molecule has 1 aliphatic rings. The third kappa shape index (κ3) is 3.31. The first kappa shape index (κ1) is 15.7. The van der Waals surface area contributed by atoms with E-state index < -0.39 is 0 Å². The fraction of sp³-hybridized carbons (Fsp3) is 0.588. The molecule has 0 unspecified atom stereocenters. The van der Waals surface area contributed by atoms with E-state index in [0.29, 0.717) is 28.7 Å². The number of aldehydes is 1. The van der Waals surface area contributed by atoms with Crippen molar-refractivity contribution < 1.29 is 19.0 Å². The van der Waals surface area contributed by atoms with Gasteiger partial charge in [-0.05, 0) is 18.4 Å². The Morgan fingerprint density at radius 3 is 2.24 bits per heavy atom. The van der Waals surface area contributed by atoms with Crippen molar-refractivity contribution >= 4 is 6.29 Å². The van der Waals surface area contributed by atoms with Crippen LogP contribution < -0.4 is 14.2 Å². The van der Waals surface area contributed by atoms with Gasteiger partial charge in [-0.1, -0.05) is 32.1 Å². The lowest BCUT2D eigenvalue weighted by Crippen LogP contribution is -2.12. The predicted octanol–water partition coefficient (Wildman–Crippen LogP) is 3.65. The molecule has 2 rings (SSSR count). The molecule has 0 spiro atoms. The summed E-state index contributed by atoms with van der Waals surface area (Å²) in [5, 5.41) is 0. The Kier molecular flexibility index (Phi) is 5.48. The van der Waals surface area contributed by atoms with E-state index in [-0.39, 0.29) is 0 Å². The van der Waals surface area contributed by atoms with Crippen molar-refractivity contribution in [1.82, 2.24) is 0 Å². The van der Waals surface area contributed by atoms with Gasteiger partial charge in [-0.15, -0.1) is 0 Å². The Morgan fingerprint density at radius 1 is 1.05 bits per heavy atom. The molecular formula is C17H24O4. The second kappa shape index (κ2) is 7.34. The zero-order valence-electron chi connectivity index (χ0n) is 13.1. The van der Waals surface area contributed by atoms with Crippen molar-refractivity contribution in [2.45, 2.75) is 38.5 Å². The van der Waals surface area contributed by atoms with Crippen molar-refractivity contribution in [2.24, 2.45) is 5.92 Å². The fourth-order valence-electron chi connectivity index (χ4n) is 3.24. The highest BCUT2D eigenvalue weighted by Gasteiger charge is 2.24. The smallest absolute Gasteiger partial charge is 0.171 e. The minimum atomic E-state index is 0.457. The molecule has 21 heavy (non-hydrogen) atoms. The zero-order chi connectivity index (χ0) is 15.2. The van der Waals surface area contributed by atoms with Crippen molar-refractivity contribution in [3.63, 3.8) is 0 Å². The maximum Gasteiger partial charge on any atom is 0.171 e. The van der Waals surface area contributed by atoms with Crippen LogP contribution in [0.1, 0.15) is 48.0 Å². The molecular weight excluding hydrogens is 268 g/mol. The quantitative estimate of drug-likeness (QED) is 0.751. The molecule has 0 heterocycles. The highest BCUT2D eigenvalue weighted by molar-refractivity contribution is 5.83. The van der Waals surface area contributed by atoms with Gasteiger partial charge in [-0.25, -0.2) is 0 Å². The van der Waals surface area contributed by atoms with Crippen LogP contribution in [0.4, 0.5) is 0 Å². The number of ether oxygens (including phenoxy) is 3. The molecule has 1 aromatic carbocycles. The third-order valence-corrected chi connectivity index (χ3v) is 4.30. The van der Waals surface area contributed by atoms with Gasteiger partial charge in [0, 0.05) is 5.56 Å². The lowest BCUT2D eigenvalue weighted by Gasteiger charge is -2.24. The van der Waals surface area contributed by atoms with E-state index in [2.05, 4.69) is 0 Å². The lowest BCUT2D eigenvalue weighted by atomic mass is 9.84. The van der Waals surface area contributed by atoms with E-state index in [9.17, 15) is 4.79 Å². The maximum atomic E-state index is 11.2. The van der Waals surface area contributed by atoms with E-state index in [1.54, 1.807) is 27.4 Å². The molecule has 0 saturated heterocycles. The van der Waals surface area contributed by atoms with Gasteiger partial charge in [-0.2, -0.15) is 0 Å². The van der Waals surface area contributed by atoms with E-state index >= 15 is 0 Å². The highest BCUT2D eigenvalue weighted by Crippen LogP contribution is 2.42. The first-order valence-electron chi connectivity index (χ1n) is 7.52. The van der Waals surface area contributed by atoms with Gasteiger partial charge in [0.2, 0.25) is 0 Å². The van der Waals surface area contributed by atoms with Gasteiger partial charge in [0.15, 0.2) is 17.8 Å². The van der Waals surface area contributed by atoms with Crippen LogP contribution in [0, 0.1) is 5.92 Å². The van der Waals surface area contributed by atoms with E-state index in [4.69, 9.17) is 14.2 Å². The van der Waals surface area contributed by atoms with Crippen LogP contribution in [0.25, 0.3) is 0 Å². The molecule has 4 heteroatoms. The molecule has 0 amide bonds. The minimum absolute atomic E-state index is 0.457. The SMILES string of the molecule is COc1cc(C=O)c(OC)c(OC)c1CC1CCCCC1. The van der Waals surface area contributed by atoms with Crippen LogP contribution in [-0.4, -0.2) is 27.6 Å². The molecule has 4 nitrogen and oxygen atoms in total. The minimum Gasteiger partial charge on any atom is -0.496 e. The largest absolute Gasteiger partial charge is 0.496 e. The van der Waals surface area contributed by atoms with Crippen molar-refractivity contribution in [1.29, 1.82) is 0 Å². The standard InChI is InChI=1S/C17H24O4/c1-19-15-10-13(11-18)16(20-2)17(21-3)14(15)9-12-7-5-4-6-8-12/h10-12H,4-9H2,1-3H3. The summed E-state index contributed by atoms with van der Waals surface area (Å²) in [5.41, 5.74) is 1.47. The number of hydrogen-bond donors (Lipinski definition) is 0. The summed E-state index contributed by atoms with van der Waals surface area (Å²) in [5.74, 6) is 2.48. The number of benzene rings is 1. The summed E-state index contributed by atoms with van der Waals surface area (Å²) in [7, 11) is 4.79. The van der Waals surface area contributed by atoms with Crippen LogP contribution >= 0.6 is 0 Å². The van der Waals surface area contributed by atoms with Gasteiger partial charge in [0.05, 0.1) is 26.9 Å². The average Bonchev–Trinajstić information content (AvgIpc) is 2.54. The molecule has 1 saturated carbocycles. The number of hydrogen-bond acceptors (Lipinski definition) is 4. The molecule has 0 N–H and O–H groups in total. The predicted molar refractivity (Wildman–Crippen MR) is 81.8 cm³/mol.